The van der Waals surface area contributed by atoms with Crippen LogP contribution >= 0.6 is 12.4 Å². The molecule has 6 heteroatoms. The van der Waals surface area contributed by atoms with E-state index in [0.29, 0.717) is 12.3 Å². The molecule has 1 aromatic rings. The minimum atomic E-state index is 0. The van der Waals surface area contributed by atoms with Crippen LogP contribution in [0.4, 0.5) is 5.69 Å². The first-order valence-electron chi connectivity index (χ1n) is 5.73. The summed E-state index contributed by atoms with van der Waals surface area (Å²) >= 11 is 0. The second-order valence-corrected chi connectivity index (χ2v) is 4.35. The van der Waals surface area contributed by atoms with E-state index in [1.165, 1.54) is 6.42 Å². The summed E-state index contributed by atoms with van der Waals surface area (Å²) in [4.78, 5) is 11.6. The maximum absolute atomic E-state index is 11.6. The normalized spacial score (nSPS) is 18.8. The summed E-state index contributed by atoms with van der Waals surface area (Å²) in [7, 11) is 1.83. The van der Waals surface area contributed by atoms with Gasteiger partial charge in [-0.2, -0.15) is 5.10 Å². The van der Waals surface area contributed by atoms with E-state index in [1.54, 1.807) is 17.1 Å². The standard InChI is InChI=1S/C11H18N4O.ClH/c1-15-8-10(7-13-15)14-11(16)3-2-9-4-5-12-6-9;/h7-9,12H,2-6H2,1H3,(H,14,16);1H. The number of carbonyl (C=O) groups excluding carboxylic acids is 1. The number of aryl methyl sites for hydroxylation is 1. The van der Waals surface area contributed by atoms with Crippen LogP contribution in [0.25, 0.3) is 0 Å². The first-order valence-corrected chi connectivity index (χ1v) is 5.73. The average Bonchev–Trinajstić information content (AvgIpc) is 2.87. The lowest BCUT2D eigenvalue weighted by Crippen LogP contribution is -2.14. The van der Waals surface area contributed by atoms with Gasteiger partial charge < -0.3 is 10.6 Å². The maximum Gasteiger partial charge on any atom is 0.224 e. The Hall–Kier alpha value is -1.07. The summed E-state index contributed by atoms with van der Waals surface area (Å²) in [6.45, 7) is 2.15. The summed E-state index contributed by atoms with van der Waals surface area (Å²) in [6, 6.07) is 0. The fourth-order valence-electron chi connectivity index (χ4n) is 2.01. The van der Waals surface area contributed by atoms with Crippen LogP contribution in [0.3, 0.4) is 0 Å². The third-order valence-corrected chi connectivity index (χ3v) is 2.93. The van der Waals surface area contributed by atoms with Crippen molar-refractivity contribution in [2.45, 2.75) is 19.3 Å². The predicted octanol–water partition coefficient (Wildman–Crippen LogP) is 1.17. The molecule has 2 N–H and O–H groups in total. The van der Waals surface area contributed by atoms with Crippen LogP contribution in [-0.2, 0) is 11.8 Å². The molecule has 1 amide bonds. The molecule has 17 heavy (non-hydrogen) atoms. The SMILES string of the molecule is Cl.Cn1cc(NC(=O)CCC2CCNC2)cn1. The largest absolute Gasteiger partial charge is 0.323 e. The molecule has 96 valence electrons. The minimum Gasteiger partial charge on any atom is -0.323 e. The van der Waals surface area contributed by atoms with Gasteiger partial charge in [0.15, 0.2) is 0 Å². The lowest BCUT2D eigenvalue weighted by molar-refractivity contribution is -0.116. The lowest BCUT2D eigenvalue weighted by atomic mass is 10.0. The van der Waals surface area contributed by atoms with E-state index in [1.807, 2.05) is 7.05 Å². The smallest absolute Gasteiger partial charge is 0.224 e. The fraction of sp³-hybridized carbons (Fsp3) is 0.636. The van der Waals surface area contributed by atoms with Gasteiger partial charge in [0.25, 0.3) is 0 Å². The number of nitrogens with zero attached hydrogens (tertiary/aromatic N) is 2. The van der Waals surface area contributed by atoms with E-state index in [9.17, 15) is 4.79 Å². The van der Waals surface area contributed by atoms with E-state index in [4.69, 9.17) is 0 Å². The number of halogens is 1. The van der Waals surface area contributed by atoms with Gasteiger partial charge in [-0.05, 0) is 31.8 Å². The molecule has 0 saturated carbocycles. The quantitative estimate of drug-likeness (QED) is 0.852. The zero-order chi connectivity index (χ0) is 11.4. The van der Waals surface area contributed by atoms with Gasteiger partial charge in [-0.3, -0.25) is 9.48 Å². The second-order valence-electron chi connectivity index (χ2n) is 4.35. The third-order valence-electron chi connectivity index (χ3n) is 2.93. The van der Waals surface area contributed by atoms with Crippen LogP contribution in [0, 0.1) is 5.92 Å². The summed E-state index contributed by atoms with van der Waals surface area (Å²) in [5.41, 5.74) is 0.775. The average molecular weight is 259 g/mol. The highest BCUT2D eigenvalue weighted by atomic mass is 35.5. The molecule has 1 aromatic heterocycles. The molecule has 0 spiro atoms. The first-order chi connectivity index (χ1) is 7.74. The molecule has 1 unspecified atom stereocenters. The molecule has 1 fully saturated rings. The van der Waals surface area contributed by atoms with Gasteiger partial charge in [-0.1, -0.05) is 0 Å². The Labute approximate surface area is 107 Å². The Bertz CT molecular complexity index is 360. The van der Waals surface area contributed by atoms with Crippen LogP contribution in [0.15, 0.2) is 12.4 Å². The zero-order valence-corrected chi connectivity index (χ0v) is 10.8. The van der Waals surface area contributed by atoms with Gasteiger partial charge in [0.05, 0.1) is 11.9 Å². The van der Waals surface area contributed by atoms with Crippen molar-refractivity contribution >= 4 is 24.0 Å². The van der Waals surface area contributed by atoms with Gasteiger partial charge >= 0.3 is 0 Å². The zero-order valence-electron chi connectivity index (χ0n) is 9.98. The lowest BCUT2D eigenvalue weighted by Gasteiger charge is -2.07. The molecule has 5 nitrogen and oxygen atoms in total. The number of aromatic nitrogens is 2. The second kappa shape index (κ2) is 6.61. The molecule has 0 radical (unpaired) electrons. The van der Waals surface area contributed by atoms with Gasteiger partial charge in [-0.15, -0.1) is 12.4 Å². The van der Waals surface area contributed by atoms with Crippen LogP contribution in [-0.4, -0.2) is 28.8 Å². The fourth-order valence-corrected chi connectivity index (χ4v) is 2.01. The van der Waals surface area contributed by atoms with Crippen molar-refractivity contribution in [3.63, 3.8) is 0 Å². The van der Waals surface area contributed by atoms with Gasteiger partial charge in [0.1, 0.15) is 0 Å². The van der Waals surface area contributed by atoms with E-state index in [-0.39, 0.29) is 18.3 Å². The number of hydrogen-bond donors (Lipinski definition) is 2. The van der Waals surface area contributed by atoms with Crippen molar-refractivity contribution in [2.24, 2.45) is 13.0 Å². The van der Waals surface area contributed by atoms with Crippen molar-refractivity contribution in [3.8, 4) is 0 Å². The van der Waals surface area contributed by atoms with Crippen molar-refractivity contribution in [3.05, 3.63) is 12.4 Å². The molecule has 1 saturated heterocycles. The van der Waals surface area contributed by atoms with E-state index in [2.05, 4.69) is 15.7 Å². The van der Waals surface area contributed by atoms with Crippen molar-refractivity contribution in [1.29, 1.82) is 0 Å². The first kappa shape index (κ1) is 14.0. The Balaban J connectivity index is 0.00000144. The summed E-state index contributed by atoms with van der Waals surface area (Å²) in [5, 5.41) is 10.1. The molecule has 2 rings (SSSR count). The molecular formula is C11H19ClN4O. The number of nitrogens with one attached hydrogen (secondary N) is 2. The third kappa shape index (κ3) is 4.36. The summed E-state index contributed by atoms with van der Waals surface area (Å²) < 4.78 is 1.68. The Morgan fingerprint density at radius 1 is 1.71 bits per heavy atom. The molecule has 1 aliphatic rings. The Morgan fingerprint density at radius 3 is 3.12 bits per heavy atom. The Morgan fingerprint density at radius 2 is 2.53 bits per heavy atom. The van der Waals surface area contributed by atoms with Crippen LogP contribution in [0.1, 0.15) is 19.3 Å². The highest BCUT2D eigenvalue weighted by Gasteiger charge is 2.15. The molecule has 0 aromatic carbocycles. The van der Waals surface area contributed by atoms with Gasteiger partial charge in [0.2, 0.25) is 5.91 Å². The minimum absolute atomic E-state index is 0. The molecular weight excluding hydrogens is 240 g/mol. The number of carbonyl (C=O) groups is 1. The topological polar surface area (TPSA) is 59.0 Å². The number of amides is 1. The highest BCUT2D eigenvalue weighted by molar-refractivity contribution is 5.90. The predicted molar refractivity (Wildman–Crippen MR) is 69.3 cm³/mol. The molecule has 0 bridgehead atoms. The van der Waals surface area contributed by atoms with Crippen molar-refractivity contribution in [2.75, 3.05) is 18.4 Å². The Kier molecular flexibility index (Phi) is 5.44. The number of hydrogen-bond acceptors (Lipinski definition) is 3. The molecule has 1 atom stereocenters. The monoisotopic (exact) mass is 258 g/mol. The van der Waals surface area contributed by atoms with E-state index < -0.39 is 0 Å². The van der Waals surface area contributed by atoms with Crippen LogP contribution < -0.4 is 10.6 Å². The van der Waals surface area contributed by atoms with Crippen LogP contribution in [0.5, 0.6) is 0 Å². The van der Waals surface area contributed by atoms with Crippen molar-refractivity contribution in [1.82, 2.24) is 15.1 Å². The number of anilines is 1. The number of rotatable bonds is 4. The van der Waals surface area contributed by atoms with Gasteiger partial charge in [0, 0.05) is 19.7 Å². The van der Waals surface area contributed by atoms with Gasteiger partial charge in [-0.25, -0.2) is 0 Å². The van der Waals surface area contributed by atoms with E-state index in [0.717, 1.165) is 25.2 Å². The highest BCUT2D eigenvalue weighted by Crippen LogP contribution is 2.15. The molecule has 0 aliphatic carbocycles. The maximum atomic E-state index is 11.6. The summed E-state index contributed by atoms with van der Waals surface area (Å²) in [6.07, 6.45) is 6.23. The molecule has 2 heterocycles. The van der Waals surface area contributed by atoms with E-state index >= 15 is 0 Å². The summed E-state index contributed by atoms with van der Waals surface area (Å²) in [5.74, 6) is 0.750. The van der Waals surface area contributed by atoms with Crippen molar-refractivity contribution < 1.29 is 4.79 Å². The van der Waals surface area contributed by atoms with Crippen LogP contribution in [0.2, 0.25) is 0 Å². The molecule has 1 aliphatic heterocycles.